The molecule has 2 heterocycles. The quantitative estimate of drug-likeness (QED) is 0.801. The molecule has 0 aromatic carbocycles. The maximum absolute atomic E-state index is 11.7. The molecule has 0 radical (unpaired) electrons. The molecule has 1 fully saturated rings. The van der Waals surface area contributed by atoms with E-state index in [2.05, 4.69) is 10.3 Å². The molecule has 8 heteroatoms. The van der Waals surface area contributed by atoms with Gasteiger partial charge in [-0.05, 0) is 25.3 Å². The number of carbonyl (C=O) groups is 1. The molecular formula is C11H15ClN2O4S. The third kappa shape index (κ3) is 3.95. The van der Waals surface area contributed by atoms with Gasteiger partial charge < -0.3 is 15.0 Å². The van der Waals surface area contributed by atoms with Crippen LogP contribution in [0, 0.1) is 0 Å². The van der Waals surface area contributed by atoms with Gasteiger partial charge in [0.25, 0.3) is 15.0 Å². The Labute approximate surface area is 115 Å². The summed E-state index contributed by atoms with van der Waals surface area (Å²) in [7, 11) is 1.36. The van der Waals surface area contributed by atoms with Crippen molar-refractivity contribution in [2.24, 2.45) is 0 Å². The Balaban J connectivity index is 1.84. The van der Waals surface area contributed by atoms with Crippen molar-refractivity contribution in [3.8, 4) is 0 Å². The van der Waals surface area contributed by atoms with Crippen molar-refractivity contribution in [3.63, 3.8) is 0 Å². The summed E-state index contributed by atoms with van der Waals surface area (Å²) in [6, 6.07) is 1.21. The Morgan fingerprint density at radius 1 is 1.58 bits per heavy atom. The first-order valence-electron chi connectivity index (χ1n) is 6.00. The number of hydrogen-bond donors (Lipinski definition) is 2. The number of halogens is 1. The van der Waals surface area contributed by atoms with Gasteiger partial charge in [0.15, 0.2) is 0 Å². The number of amides is 1. The standard InChI is InChI=1S/C11H15ClN2O4S/c12-19(16,17)9-6-10(14-7-9)11(15)13-4-3-8-2-1-5-18-8/h6-8,14H,1-5H2,(H,13,15). The molecule has 0 spiro atoms. The van der Waals surface area contributed by atoms with Crippen molar-refractivity contribution in [1.29, 1.82) is 0 Å². The van der Waals surface area contributed by atoms with Crippen LogP contribution in [0.1, 0.15) is 29.8 Å². The molecule has 2 N–H and O–H groups in total. The Bertz CT molecular complexity index is 549. The molecule has 0 bridgehead atoms. The van der Waals surface area contributed by atoms with Gasteiger partial charge in [0.1, 0.15) is 10.6 Å². The van der Waals surface area contributed by atoms with Gasteiger partial charge in [-0.1, -0.05) is 0 Å². The smallest absolute Gasteiger partial charge is 0.267 e. The third-order valence-electron chi connectivity index (χ3n) is 2.96. The van der Waals surface area contributed by atoms with Crippen LogP contribution in [-0.4, -0.2) is 38.6 Å². The predicted molar refractivity (Wildman–Crippen MR) is 69.8 cm³/mol. The van der Waals surface area contributed by atoms with Crippen LogP contribution in [0.25, 0.3) is 0 Å². The van der Waals surface area contributed by atoms with E-state index in [1.807, 2.05) is 0 Å². The van der Waals surface area contributed by atoms with Gasteiger partial charge in [-0.25, -0.2) is 8.42 Å². The minimum absolute atomic E-state index is 0.113. The molecule has 1 atom stereocenters. The molecule has 1 aromatic heterocycles. The van der Waals surface area contributed by atoms with Crippen LogP contribution in [0.5, 0.6) is 0 Å². The van der Waals surface area contributed by atoms with Crippen LogP contribution in [-0.2, 0) is 13.8 Å². The zero-order chi connectivity index (χ0) is 13.9. The van der Waals surface area contributed by atoms with E-state index in [9.17, 15) is 13.2 Å². The minimum atomic E-state index is -3.81. The molecule has 2 rings (SSSR count). The van der Waals surface area contributed by atoms with E-state index in [1.54, 1.807) is 0 Å². The summed E-state index contributed by atoms with van der Waals surface area (Å²) in [5, 5.41) is 2.70. The molecule has 1 unspecified atom stereocenters. The van der Waals surface area contributed by atoms with E-state index in [-0.39, 0.29) is 22.6 Å². The number of aromatic amines is 1. The molecule has 1 aliphatic rings. The number of ether oxygens (including phenoxy) is 1. The molecule has 1 saturated heterocycles. The van der Waals surface area contributed by atoms with Gasteiger partial charge >= 0.3 is 0 Å². The number of hydrogen-bond acceptors (Lipinski definition) is 4. The summed E-state index contributed by atoms with van der Waals surface area (Å²) in [4.78, 5) is 14.2. The summed E-state index contributed by atoms with van der Waals surface area (Å²) in [6.45, 7) is 1.28. The fourth-order valence-electron chi connectivity index (χ4n) is 1.96. The highest BCUT2D eigenvalue weighted by molar-refractivity contribution is 8.13. The Hall–Kier alpha value is -1.05. The van der Waals surface area contributed by atoms with Crippen molar-refractivity contribution >= 4 is 25.6 Å². The number of rotatable bonds is 5. The molecule has 0 saturated carbocycles. The number of aromatic nitrogens is 1. The fourth-order valence-corrected chi connectivity index (χ4v) is 2.69. The largest absolute Gasteiger partial charge is 0.378 e. The van der Waals surface area contributed by atoms with Crippen molar-refractivity contribution in [1.82, 2.24) is 10.3 Å². The van der Waals surface area contributed by atoms with Crippen LogP contribution in [0.3, 0.4) is 0 Å². The van der Waals surface area contributed by atoms with E-state index in [0.29, 0.717) is 6.54 Å². The predicted octanol–water partition coefficient (Wildman–Crippen LogP) is 1.24. The average Bonchev–Trinajstić information content (AvgIpc) is 2.99. The number of H-pyrrole nitrogens is 1. The SMILES string of the molecule is O=C(NCCC1CCCO1)c1cc(S(=O)(=O)Cl)c[nH]1. The van der Waals surface area contributed by atoms with Crippen molar-refractivity contribution < 1.29 is 17.9 Å². The molecule has 106 valence electrons. The zero-order valence-corrected chi connectivity index (χ0v) is 11.8. The Morgan fingerprint density at radius 2 is 2.37 bits per heavy atom. The summed E-state index contributed by atoms with van der Waals surface area (Å²) in [5.41, 5.74) is 0.173. The second kappa shape index (κ2) is 5.94. The first-order valence-corrected chi connectivity index (χ1v) is 8.30. The molecule has 0 aliphatic carbocycles. The lowest BCUT2D eigenvalue weighted by Crippen LogP contribution is -2.27. The molecule has 19 heavy (non-hydrogen) atoms. The van der Waals surface area contributed by atoms with Crippen molar-refractivity contribution in [2.75, 3.05) is 13.2 Å². The normalized spacial score (nSPS) is 19.5. The van der Waals surface area contributed by atoms with Gasteiger partial charge in [0, 0.05) is 30.0 Å². The minimum Gasteiger partial charge on any atom is -0.378 e. The molecule has 6 nitrogen and oxygen atoms in total. The summed E-state index contributed by atoms with van der Waals surface area (Å²) in [5.74, 6) is -0.357. The molecule has 1 aliphatic heterocycles. The van der Waals surface area contributed by atoms with Gasteiger partial charge in [0.05, 0.1) is 6.10 Å². The lowest BCUT2D eigenvalue weighted by atomic mass is 10.2. The highest BCUT2D eigenvalue weighted by Gasteiger charge is 2.17. The van der Waals surface area contributed by atoms with E-state index in [1.165, 1.54) is 12.3 Å². The topological polar surface area (TPSA) is 88.3 Å². The number of nitrogens with one attached hydrogen (secondary N) is 2. The highest BCUT2D eigenvalue weighted by Crippen LogP contribution is 2.16. The fraction of sp³-hybridized carbons (Fsp3) is 0.545. The second-order valence-corrected chi connectivity index (χ2v) is 6.93. The van der Waals surface area contributed by atoms with Crippen molar-refractivity contribution in [3.05, 3.63) is 18.0 Å². The maximum Gasteiger partial charge on any atom is 0.267 e. The highest BCUT2D eigenvalue weighted by atomic mass is 35.7. The van der Waals surface area contributed by atoms with Crippen LogP contribution in [0.4, 0.5) is 0 Å². The van der Waals surface area contributed by atoms with Crippen LogP contribution >= 0.6 is 10.7 Å². The van der Waals surface area contributed by atoms with Gasteiger partial charge in [0.2, 0.25) is 0 Å². The lowest BCUT2D eigenvalue weighted by Gasteiger charge is -2.09. The van der Waals surface area contributed by atoms with Gasteiger partial charge in [-0.2, -0.15) is 0 Å². The van der Waals surface area contributed by atoms with Gasteiger partial charge in [-0.15, -0.1) is 0 Å². The number of carbonyl (C=O) groups excluding carboxylic acids is 1. The summed E-state index contributed by atoms with van der Waals surface area (Å²) < 4.78 is 27.5. The van der Waals surface area contributed by atoms with Crippen LogP contribution in [0.15, 0.2) is 17.2 Å². The van der Waals surface area contributed by atoms with E-state index >= 15 is 0 Å². The molecular weight excluding hydrogens is 292 g/mol. The average molecular weight is 307 g/mol. The Morgan fingerprint density at radius 3 is 2.95 bits per heavy atom. The second-order valence-electron chi connectivity index (χ2n) is 4.37. The monoisotopic (exact) mass is 306 g/mol. The van der Waals surface area contributed by atoms with E-state index < -0.39 is 9.05 Å². The van der Waals surface area contributed by atoms with Crippen molar-refractivity contribution in [2.45, 2.75) is 30.3 Å². The first-order chi connectivity index (χ1) is 8.97. The van der Waals surface area contributed by atoms with Gasteiger partial charge in [-0.3, -0.25) is 4.79 Å². The maximum atomic E-state index is 11.7. The van der Waals surface area contributed by atoms with Crippen LogP contribution < -0.4 is 5.32 Å². The zero-order valence-electron chi connectivity index (χ0n) is 10.2. The summed E-state index contributed by atoms with van der Waals surface area (Å²) >= 11 is 0. The third-order valence-corrected chi connectivity index (χ3v) is 4.29. The molecule has 1 amide bonds. The van der Waals surface area contributed by atoms with Crippen LogP contribution in [0.2, 0.25) is 0 Å². The molecule has 1 aromatic rings. The van der Waals surface area contributed by atoms with E-state index in [0.717, 1.165) is 25.9 Å². The Kier molecular flexibility index (Phi) is 4.49. The lowest BCUT2D eigenvalue weighted by molar-refractivity contribution is 0.0903. The van der Waals surface area contributed by atoms with E-state index in [4.69, 9.17) is 15.4 Å². The summed E-state index contributed by atoms with van der Waals surface area (Å²) in [6.07, 6.45) is 4.24. The first kappa shape index (κ1) is 14.4.